The van der Waals surface area contributed by atoms with Gasteiger partial charge in [0.2, 0.25) is 5.91 Å². The van der Waals surface area contributed by atoms with Crippen LogP contribution in [0.25, 0.3) is 0 Å². The minimum atomic E-state index is -0.00997. The highest BCUT2D eigenvalue weighted by Gasteiger charge is 2.47. The van der Waals surface area contributed by atoms with Crippen molar-refractivity contribution >= 4 is 23.2 Å². The third-order valence-electron chi connectivity index (χ3n) is 5.33. The van der Waals surface area contributed by atoms with Crippen molar-refractivity contribution in [1.29, 1.82) is 0 Å². The molecule has 1 N–H and O–H groups in total. The number of rotatable bonds is 5. The number of piperidine rings is 1. The lowest BCUT2D eigenvalue weighted by molar-refractivity contribution is -0.133. The Morgan fingerprint density at radius 2 is 1.96 bits per heavy atom. The number of carbonyl (C=O) groups is 2. The van der Waals surface area contributed by atoms with E-state index in [0.29, 0.717) is 12.3 Å². The SMILES string of the molecule is O=C(N[C@H]1C[C@@H]2C[C@H]1N(C(=O)CCc1ccccc1)C2)c1cccs1. The summed E-state index contributed by atoms with van der Waals surface area (Å²) in [7, 11) is 0. The van der Waals surface area contributed by atoms with Crippen LogP contribution in [0.2, 0.25) is 0 Å². The van der Waals surface area contributed by atoms with Crippen molar-refractivity contribution in [2.24, 2.45) is 5.92 Å². The van der Waals surface area contributed by atoms with Crippen molar-refractivity contribution in [1.82, 2.24) is 10.2 Å². The molecule has 1 aromatic heterocycles. The molecule has 2 aromatic rings. The summed E-state index contributed by atoms with van der Waals surface area (Å²) in [6.45, 7) is 0.851. The first kappa shape index (κ1) is 16.3. The lowest BCUT2D eigenvalue weighted by Gasteiger charge is -2.33. The predicted molar refractivity (Wildman–Crippen MR) is 98.6 cm³/mol. The van der Waals surface area contributed by atoms with Gasteiger partial charge in [0.15, 0.2) is 0 Å². The topological polar surface area (TPSA) is 49.4 Å². The van der Waals surface area contributed by atoms with Gasteiger partial charge in [-0.15, -0.1) is 11.3 Å². The number of amides is 2. The minimum Gasteiger partial charge on any atom is -0.347 e. The maximum Gasteiger partial charge on any atom is 0.261 e. The summed E-state index contributed by atoms with van der Waals surface area (Å²) in [5.41, 5.74) is 1.20. The Balaban J connectivity index is 1.35. The van der Waals surface area contributed by atoms with E-state index in [2.05, 4.69) is 17.4 Å². The highest BCUT2D eigenvalue weighted by molar-refractivity contribution is 7.12. The van der Waals surface area contributed by atoms with Gasteiger partial charge in [-0.2, -0.15) is 0 Å². The highest BCUT2D eigenvalue weighted by atomic mass is 32.1. The van der Waals surface area contributed by atoms with Crippen LogP contribution in [-0.4, -0.2) is 35.3 Å². The maximum atomic E-state index is 12.7. The fraction of sp³-hybridized carbons (Fsp3) is 0.400. The van der Waals surface area contributed by atoms with Crippen LogP contribution in [0.4, 0.5) is 0 Å². The number of fused-ring (bicyclic) bond motifs is 2. The van der Waals surface area contributed by atoms with E-state index < -0.39 is 0 Å². The Labute approximate surface area is 151 Å². The van der Waals surface area contributed by atoms with Crippen molar-refractivity contribution in [3.8, 4) is 0 Å². The zero-order valence-corrected chi connectivity index (χ0v) is 14.9. The first-order valence-corrected chi connectivity index (χ1v) is 9.76. The molecule has 2 bridgehead atoms. The molecule has 4 nitrogen and oxygen atoms in total. The largest absolute Gasteiger partial charge is 0.347 e. The predicted octanol–water partition coefficient (Wildman–Crippen LogP) is 3.10. The summed E-state index contributed by atoms with van der Waals surface area (Å²) < 4.78 is 0. The van der Waals surface area contributed by atoms with Crippen LogP contribution in [0.5, 0.6) is 0 Å². The molecule has 0 radical (unpaired) electrons. The second-order valence-corrected chi connectivity index (χ2v) is 7.94. The van der Waals surface area contributed by atoms with Gasteiger partial charge in [-0.05, 0) is 42.2 Å². The first-order valence-electron chi connectivity index (χ1n) is 8.88. The van der Waals surface area contributed by atoms with Gasteiger partial charge in [-0.1, -0.05) is 36.4 Å². The molecule has 4 rings (SSSR count). The number of hydrogen-bond donors (Lipinski definition) is 1. The van der Waals surface area contributed by atoms with E-state index >= 15 is 0 Å². The van der Waals surface area contributed by atoms with Gasteiger partial charge < -0.3 is 10.2 Å². The molecule has 5 heteroatoms. The summed E-state index contributed by atoms with van der Waals surface area (Å²) >= 11 is 1.45. The molecular weight excluding hydrogens is 332 g/mol. The average Bonchev–Trinajstić information content (AvgIpc) is 3.37. The summed E-state index contributed by atoms with van der Waals surface area (Å²) in [5, 5.41) is 5.06. The molecule has 3 atom stereocenters. The van der Waals surface area contributed by atoms with Crippen LogP contribution in [0.15, 0.2) is 47.8 Å². The number of nitrogens with zero attached hydrogens (tertiary/aromatic N) is 1. The number of likely N-dealkylation sites (tertiary alicyclic amines) is 1. The van der Waals surface area contributed by atoms with Gasteiger partial charge in [0.1, 0.15) is 0 Å². The van der Waals surface area contributed by atoms with Crippen LogP contribution in [0.1, 0.15) is 34.5 Å². The second kappa shape index (κ2) is 7.00. The Kier molecular flexibility index (Phi) is 4.57. The third-order valence-corrected chi connectivity index (χ3v) is 6.20. The van der Waals surface area contributed by atoms with Crippen LogP contribution in [0.3, 0.4) is 0 Å². The quantitative estimate of drug-likeness (QED) is 0.897. The zero-order chi connectivity index (χ0) is 17.2. The monoisotopic (exact) mass is 354 g/mol. The fourth-order valence-electron chi connectivity index (χ4n) is 4.15. The summed E-state index contributed by atoms with van der Waals surface area (Å²) in [4.78, 5) is 27.8. The van der Waals surface area contributed by atoms with E-state index in [0.717, 1.165) is 30.7 Å². The van der Waals surface area contributed by atoms with Gasteiger partial charge in [0, 0.05) is 19.0 Å². The van der Waals surface area contributed by atoms with Crippen molar-refractivity contribution in [2.45, 2.75) is 37.8 Å². The fourth-order valence-corrected chi connectivity index (χ4v) is 4.78. The van der Waals surface area contributed by atoms with E-state index in [1.54, 1.807) is 0 Å². The summed E-state index contributed by atoms with van der Waals surface area (Å²) in [6.07, 6.45) is 3.33. The van der Waals surface area contributed by atoms with Crippen molar-refractivity contribution < 1.29 is 9.59 Å². The van der Waals surface area contributed by atoms with E-state index in [1.165, 1.54) is 16.9 Å². The first-order chi connectivity index (χ1) is 12.2. The van der Waals surface area contributed by atoms with Gasteiger partial charge in [-0.3, -0.25) is 9.59 Å². The molecule has 2 amide bonds. The number of aryl methyl sites for hydroxylation is 1. The molecule has 2 fully saturated rings. The van der Waals surface area contributed by atoms with Crippen LogP contribution < -0.4 is 5.32 Å². The van der Waals surface area contributed by atoms with Gasteiger partial charge in [0.05, 0.1) is 10.9 Å². The number of nitrogens with one attached hydrogen (secondary N) is 1. The molecule has 1 saturated carbocycles. The molecular formula is C20H22N2O2S. The molecule has 1 saturated heterocycles. The molecule has 2 heterocycles. The standard InChI is InChI=1S/C20H22N2O2S/c23-19(9-8-14-5-2-1-3-6-14)22-13-15-11-16(17(22)12-15)21-20(24)18-7-4-10-25-18/h1-7,10,15-17H,8-9,11-13H2,(H,21,24)/t15-,16+,17-/m1/s1. The number of hydrogen-bond acceptors (Lipinski definition) is 3. The van der Waals surface area contributed by atoms with Gasteiger partial charge in [-0.25, -0.2) is 0 Å². The summed E-state index contributed by atoms with van der Waals surface area (Å²) in [5.74, 6) is 0.731. The lowest BCUT2D eigenvalue weighted by Crippen LogP contribution is -2.51. The minimum absolute atomic E-state index is 0.00997. The molecule has 1 aromatic carbocycles. The van der Waals surface area contributed by atoms with Crippen LogP contribution >= 0.6 is 11.3 Å². The third kappa shape index (κ3) is 3.47. The summed E-state index contributed by atoms with van der Waals surface area (Å²) in [6, 6.07) is 14.1. The number of carbonyl (C=O) groups excluding carboxylic acids is 2. The smallest absolute Gasteiger partial charge is 0.261 e. The van der Waals surface area contributed by atoms with E-state index in [9.17, 15) is 9.59 Å². The molecule has 0 unspecified atom stereocenters. The van der Waals surface area contributed by atoms with Gasteiger partial charge >= 0.3 is 0 Å². The molecule has 0 spiro atoms. The maximum absolute atomic E-state index is 12.7. The normalized spacial score (nSPS) is 24.5. The van der Waals surface area contributed by atoms with E-state index in [1.807, 2.05) is 40.6 Å². The van der Waals surface area contributed by atoms with E-state index in [-0.39, 0.29) is 23.9 Å². The van der Waals surface area contributed by atoms with E-state index in [4.69, 9.17) is 0 Å². The molecule has 2 aliphatic rings. The Bertz CT molecular complexity index is 744. The number of benzene rings is 1. The second-order valence-electron chi connectivity index (χ2n) is 6.99. The molecule has 130 valence electrons. The Hall–Kier alpha value is -2.14. The van der Waals surface area contributed by atoms with Gasteiger partial charge in [0.25, 0.3) is 5.91 Å². The zero-order valence-electron chi connectivity index (χ0n) is 14.1. The van der Waals surface area contributed by atoms with Crippen LogP contribution in [-0.2, 0) is 11.2 Å². The average molecular weight is 354 g/mol. The molecule has 1 aliphatic heterocycles. The number of thiophene rings is 1. The van der Waals surface area contributed by atoms with Crippen molar-refractivity contribution in [3.63, 3.8) is 0 Å². The molecule has 1 aliphatic carbocycles. The lowest BCUT2D eigenvalue weighted by atomic mass is 10.0. The highest BCUT2D eigenvalue weighted by Crippen LogP contribution is 2.38. The van der Waals surface area contributed by atoms with Crippen molar-refractivity contribution in [3.05, 3.63) is 58.3 Å². The Morgan fingerprint density at radius 3 is 2.68 bits per heavy atom. The molecule has 25 heavy (non-hydrogen) atoms. The van der Waals surface area contributed by atoms with Crippen LogP contribution in [0, 0.1) is 5.92 Å². The van der Waals surface area contributed by atoms with Crippen molar-refractivity contribution in [2.75, 3.05) is 6.54 Å². The Morgan fingerprint density at radius 1 is 1.12 bits per heavy atom.